The molecular formula is C19H19Cl2NO4. The Morgan fingerprint density at radius 3 is 2.19 bits per heavy atom. The molecule has 0 saturated heterocycles. The molecule has 0 bridgehead atoms. The number of benzene rings is 2. The maximum atomic E-state index is 12.1. The first kappa shape index (κ1) is 20.2. The van der Waals surface area contributed by atoms with Crippen LogP contribution in [0.15, 0.2) is 48.5 Å². The summed E-state index contributed by atoms with van der Waals surface area (Å²) in [5.74, 6) is -2.61. The summed E-state index contributed by atoms with van der Waals surface area (Å²) in [5, 5.41) is 22.8. The largest absolute Gasteiger partial charge is 0.481 e. The zero-order valence-corrected chi connectivity index (χ0v) is 15.4. The summed E-state index contributed by atoms with van der Waals surface area (Å²) in [6.45, 7) is 0. The monoisotopic (exact) mass is 395 g/mol. The summed E-state index contributed by atoms with van der Waals surface area (Å²) < 4.78 is 0. The summed E-state index contributed by atoms with van der Waals surface area (Å²) in [7, 11) is 0. The average molecular weight is 396 g/mol. The predicted octanol–water partition coefficient (Wildman–Crippen LogP) is 4.02. The van der Waals surface area contributed by atoms with Crippen LogP contribution in [0.4, 0.5) is 5.69 Å². The summed E-state index contributed by atoms with van der Waals surface area (Å²) >= 11 is 12.0. The fourth-order valence-corrected chi connectivity index (χ4v) is 3.08. The Hall–Kier alpha value is -2.08. The quantitative estimate of drug-likeness (QED) is 0.629. The molecule has 3 N–H and O–H groups in total. The average Bonchev–Trinajstić information content (AvgIpc) is 2.59. The maximum Gasteiger partial charge on any atom is 0.309 e. The number of hydrogen-bond acceptors (Lipinski definition) is 3. The van der Waals surface area contributed by atoms with Crippen LogP contribution in [0.25, 0.3) is 0 Å². The van der Waals surface area contributed by atoms with Crippen molar-refractivity contribution in [2.45, 2.75) is 25.4 Å². The van der Waals surface area contributed by atoms with Crippen molar-refractivity contribution >= 4 is 40.8 Å². The molecule has 1 amide bonds. The van der Waals surface area contributed by atoms with E-state index in [1.54, 1.807) is 18.2 Å². The summed E-state index contributed by atoms with van der Waals surface area (Å²) in [6, 6.07) is 13.9. The summed E-state index contributed by atoms with van der Waals surface area (Å²) in [5.41, 5.74) is 1.12. The standard InChI is InChI=1S/C19H19Cl2NO4/c20-14-7-4-8-15(21)18(14)22-17(24)10-9-13(19(25)26)16(23)11-12-5-2-1-3-6-12/h1-8,13,16,23H,9-11H2,(H,22,24)(H,25,26). The molecule has 2 aromatic rings. The highest BCUT2D eigenvalue weighted by Gasteiger charge is 2.27. The van der Waals surface area contributed by atoms with Crippen LogP contribution >= 0.6 is 23.2 Å². The molecule has 2 atom stereocenters. The number of aliphatic hydroxyl groups is 1. The zero-order chi connectivity index (χ0) is 19.1. The lowest BCUT2D eigenvalue weighted by Crippen LogP contribution is -2.31. The van der Waals surface area contributed by atoms with Gasteiger partial charge in [-0.3, -0.25) is 9.59 Å². The molecule has 0 aliphatic rings. The third-order valence-electron chi connectivity index (χ3n) is 3.98. The minimum Gasteiger partial charge on any atom is -0.481 e. The molecule has 0 spiro atoms. The van der Waals surface area contributed by atoms with Crippen LogP contribution in [0, 0.1) is 5.92 Å². The molecular weight excluding hydrogens is 377 g/mol. The van der Waals surface area contributed by atoms with E-state index in [9.17, 15) is 19.8 Å². The minimum absolute atomic E-state index is 0.00274. The fourth-order valence-electron chi connectivity index (χ4n) is 2.58. The van der Waals surface area contributed by atoms with E-state index in [0.717, 1.165) is 5.56 Å². The molecule has 5 nitrogen and oxygen atoms in total. The van der Waals surface area contributed by atoms with Crippen LogP contribution in [-0.2, 0) is 16.0 Å². The Bertz CT molecular complexity index is 747. The van der Waals surface area contributed by atoms with Crippen molar-refractivity contribution in [3.05, 3.63) is 64.1 Å². The lowest BCUT2D eigenvalue weighted by Gasteiger charge is -2.19. The van der Waals surface area contributed by atoms with Crippen molar-refractivity contribution < 1.29 is 19.8 Å². The third-order valence-corrected chi connectivity index (χ3v) is 4.61. The smallest absolute Gasteiger partial charge is 0.309 e. The zero-order valence-electron chi connectivity index (χ0n) is 13.9. The first-order chi connectivity index (χ1) is 12.4. The minimum atomic E-state index is -1.14. The normalized spacial score (nSPS) is 13.0. The van der Waals surface area contributed by atoms with Gasteiger partial charge in [0, 0.05) is 6.42 Å². The lowest BCUT2D eigenvalue weighted by molar-refractivity contribution is -0.146. The highest BCUT2D eigenvalue weighted by molar-refractivity contribution is 6.39. The molecule has 0 radical (unpaired) electrons. The van der Waals surface area contributed by atoms with E-state index >= 15 is 0 Å². The van der Waals surface area contributed by atoms with Gasteiger partial charge in [-0.2, -0.15) is 0 Å². The van der Waals surface area contributed by atoms with Gasteiger partial charge in [-0.15, -0.1) is 0 Å². The number of para-hydroxylation sites is 1. The molecule has 0 aliphatic carbocycles. The van der Waals surface area contributed by atoms with Crippen LogP contribution in [0.1, 0.15) is 18.4 Å². The first-order valence-electron chi connectivity index (χ1n) is 8.07. The van der Waals surface area contributed by atoms with Crippen LogP contribution < -0.4 is 5.32 Å². The van der Waals surface area contributed by atoms with Gasteiger partial charge in [0.1, 0.15) is 0 Å². The molecule has 2 unspecified atom stereocenters. The lowest BCUT2D eigenvalue weighted by atomic mass is 9.92. The van der Waals surface area contributed by atoms with Gasteiger partial charge in [0.25, 0.3) is 0 Å². The second kappa shape index (κ2) is 9.57. The molecule has 7 heteroatoms. The number of carboxylic acid groups (broad SMARTS) is 1. The van der Waals surface area contributed by atoms with Crippen LogP contribution in [0.2, 0.25) is 10.0 Å². The van der Waals surface area contributed by atoms with Gasteiger partial charge < -0.3 is 15.5 Å². The molecule has 0 heterocycles. The van der Waals surface area contributed by atoms with Gasteiger partial charge in [-0.1, -0.05) is 59.6 Å². The topological polar surface area (TPSA) is 86.6 Å². The van der Waals surface area contributed by atoms with Gasteiger partial charge in [-0.05, 0) is 30.5 Å². The SMILES string of the molecule is O=C(CCC(C(=O)O)C(O)Cc1ccccc1)Nc1c(Cl)cccc1Cl. The highest BCUT2D eigenvalue weighted by Crippen LogP contribution is 2.30. The number of nitrogens with one attached hydrogen (secondary N) is 1. The Labute approximate surface area is 161 Å². The Kier molecular flexibility index (Phi) is 7.45. The van der Waals surface area contributed by atoms with E-state index < -0.39 is 23.9 Å². The molecule has 26 heavy (non-hydrogen) atoms. The molecule has 138 valence electrons. The Morgan fingerprint density at radius 2 is 1.62 bits per heavy atom. The van der Waals surface area contributed by atoms with Crippen LogP contribution in [-0.4, -0.2) is 28.2 Å². The van der Waals surface area contributed by atoms with Crippen molar-refractivity contribution in [1.82, 2.24) is 0 Å². The summed E-state index contributed by atoms with van der Waals surface area (Å²) in [6.07, 6.45) is -0.969. The van der Waals surface area contributed by atoms with Crippen LogP contribution in [0.3, 0.4) is 0 Å². The van der Waals surface area contributed by atoms with Gasteiger partial charge in [0.2, 0.25) is 5.91 Å². The van der Waals surface area contributed by atoms with Crippen molar-refractivity contribution in [3.8, 4) is 0 Å². The van der Waals surface area contributed by atoms with Gasteiger partial charge in [0.05, 0.1) is 27.8 Å². The van der Waals surface area contributed by atoms with E-state index in [1.165, 1.54) is 0 Å². The van der Waals surface area contributed by atoms with E-state index in [-0.39, 0.29) is 24.9 Å². The van der Waals surface area contributed by atoms with E-state index in [2.05, 4.69) is 5.32 Å². The van der Waals surface area contributed by atoms with Gasteiger partial charge in [0.15, 0.2) is 0 Å². The molecule has 2 rings (SSSR count). The number of halogens is 2. The van der Waals surface area contributed by atoms with Crippen molar-refractivity contribution in [3.63, 3.8) is 0 Å². The van der Waals surface area contributed by atoms with Crippen molar-refractivity contribution in [2.24, 2.45) is 5.92 Å². The Morgan fingerprint density at radius 1 is 1.00 bits per heavy atom. The number of amides is 1. The van der Waals surface area contributed by atoms with Crippen LogP contribution in [0.5, 0.6) is 0 Å². The number of carboxylic acids is 1. The molecule has 0 aromatic heterocycles. The fraction of sp³-hybridized carbons (Fsp3) is 0.263. The molecule has 0 fully saturated rings. The number of rotatable bonds is 8. The van der Waals surface area contributed by atoms with Crippen molar-refractivity contribution in [2.75, 3.05) is 5.32 Å². The number of carbonyl (C=O) groups is 2. The van der Waals surface area contributed by atoms with E-state index in [0.29, 0.717) is 10.0 Å². The maximum absolute atomic E-state index is 12.1. The first-order valence-corrected chi connectivity index (χ1v) is 8.82. The van der Waals surface area contributed by atoms with Gasteiger partial charge >= 0.3 is 5.97 Å². The predicted molar refractivity (Wildman–Crippen MR) is 102 cm³/mol. The number of anilines is 1. The van der Waals surface area contributed by atoms with Gasteiger partial charge in [-0.25, -0.2) is 0 Å². The number of carbonyl (C=O) groups excluding carboxylic acids is 1. The number of hydrogen-bond donors (Lipinski definition) is 3. The Balaban J connectivity index is 1.95. The second-order valence-corrected chi connectivity index (χ2v) is 6.70. The summed E-state index contributed by atoms with van der Waals surface area (Å²) in [4.78, 5) is 23.6. The number of aliphatic hydroxyl groups excluding tert-OH is 1. The van der Waals surface area contributed by atoms with E-state index in [4.69, 9.17) is 23.2 Å². The molecule has 0 aliphatic heterocycles. The number of aliphatic carboxylic acids is 1. The third kappa shape index (κ3) is 5.73. The second-order valence-electron chi connectivity index (χ2n) is 5.89. The van der Waals surface area contributed by atoms with Crippen molar-refractivity contribution in [1.29, 1.82) is 0 Å². The highest BCUT2D eigenvalue weighted by atomic mass is 35.5. The van der Waals surface area contributed by atoms with E-state index in [1.807, 2.05) is 30.3 Å². The molecule has 2 aromatic carbocycles. The molecule has 0 saturated carbocycles.